The van der Waals surface area contributed by atoms with Gasteiger partial charge in [0, 0.05) is 29.7 Å². The van der Waals surface area contributed by atoms with Crippen molar-refractivity contribution in [2.24, 2.45) is 0 Å². The van der Waals surface area contributed by atoms with Crippen molar-refractivity contribution in [3.8, 4) is 0 Å². The van der Waals surface area contributed by atoms with Gasteiger partial charge in [0.25, 0.3) is 0 Å². The maximum Gasteiger partial charge on any atom is 1.00 e. The first-order valence-corrected chi connectivity index (χ1v) is 8.65. The van der Waals surface area contributed by atoms with Gasteiger partial charge in [-0.1, -0.05) is 25.0 Å². The molecular weight excluding hydrogens is 292 g/mol. The number of hydrogen-bond acceptors (Lipinski definition) is 1. The van der Waals surface area contributed by atoms with Crippen molar-refractivity contribution in [3.05, 3.63) is 35.0 Å². The molecule has 0 fully saturated rings. The normalized spacial score (nSPS) is 20.7. The quantitative estimate of drug-likeness (QED) is 0.834. The lowest BCUT2D eigenvalue weighted by Gasteiger charge is -2.40. The zero-order valence-corrected chi connectivity index (χ0v) is 14.5. The summed E-state index contributed by atoms with van der Waals surface area (Å²) in [5, 5.41) is 1.53. The minimum absolute atomic E-state index is 0. The molecule has 1 unspecified atom stereocenters. The molecule has 3 heteroatoms. The summed E-state index contributed by atoms with van der Waals surface area (Å²) < 4.78 is 2.64. The lowest BCUT2D eigenvalue weighted by molar-refractivity contribution is -0.00000440. The molecule has 4 rings (SSSR count). The van der Waals surface area contributed by atoms with E-state index in [0.717, 1.165) is 0 Å². The molecule has 2 heterocycles. The highest BCUT2D eigenvalue weighted by molar-refractivity contribution is 5.87. The maximum absolute atomic E-state index is 2.76. The smallest absolute Gasteiger partial charge is 1.00 e. The first-order chi connectivity index (χ1) is 10.3. The standard InChI is InChI=1S/C19H26N2.ClH/c1-3-4-10-20-11-12-21-17-9-8-14(2)13-16(17)15-6-5-7-18(20)19(15)21;/h8-9,13,18H,3-7,10-12H2,1-2H3;1H. The number of unbranched alkanes of at least 4 members (excludes halogenated alkanes) is 1. The van der Waals surface area contributed by atoms with Crippen LogP contribution in [0.3, 0.4) is 0 Å². The lowest BCUT2D eigenvalue weighted by Crippen LogP contribution is -3.00. The van der Waals surface area contributed by atoms with Crippen molar-refractivity contribution in [2.75, 3.05) is 13.1 Å². The predicted octanol–water partition coefficient (Wildman–Crippen LogP) is 1.56. The Morgan fingerprint density at radius 3 is 2.95 bits per heavy atom. The van der Waals surface area contributed by atoms with Gasteiger partial charge >= 0.3 is 1.43 Å². The summed E-state index contributed by atoms with van der Waals surface area (Å²) >= 11 is 0. The molecule has 0 radical (unpaired) electrons. The predicted molar refractivity (Wildman–Crippen MR) is 89.9 cm³/mol. The number of aryl methyl sites for hydroxylation is 2. The molecule has 0 spiro atoms. The number of rotatable bonds is 3. The van der Waals surface area contributed by atoms with Crippen molar-refractivity contribution in [1.29, 1.82) is 0 Å². The Balaban J connectivity index is 0.000000960. The monoisotopic (exact) mass is 318 g/mol. The highest BCUT2D eigenvalue weighted by atomic mass is 35.5. The number of halogens is 1. The Morgan fingerprint density at radius 2 is 2.14 bits per heavy atom. The Kier molecular flexibility index (Phi) is 4.52. The molecule has 0 N–H and O–H groups in total. The Hall–Kier alpha value is -0.990. The zero-order chi connectivity index (χ0) is 14.4. The van der Waals surface area contributed by atoms with E-state index in [4.69, 9.17) is 0 Å². The fourth-order valence-corrected chi connectivity index (χ4v) is 4.42. The van der Waals surface area contributed by atoms with Gasteiger partial charge in [-0.15, -0.1) is 0 Å². The molecule has 2 nitrogen and oxygen atoms in total. The van der Waals surface area contributed by atoms with Crippen LogP contribution in [-0.4, -0.2) is 22.6 Å². The van der Waals surface area contributed by atoms with Gasteiger partial charge in [-0.25, -0.2) is 0 Å². The van der Waals surface area contributed by atoms with Crippen LogP contribution in [0.5, 0.6) is 0 Å². The van der Waals surface area contributed by atoms with Crippen LogP contribution >= 0.6 is 0 Å². The molecule has 0 amide bonds. The van der Waals surface area contributed by atoms with Crippen LogP contribution in [0.15, 0.2) is 18.2 Å². The molecule has 1 aliphatic carbocycles. The number of hydrogen-bond donors (Lipinski definition) is 0. The van der Waals surface area contributed by atoms with E-state index < -0.39 is 0 Å². The molecular formula is C19H27ClN2. The van der Waals surface area contributed by atoms with Gasteiger partial charge in [0.15, 0.2) is 0 Å². The zero-order valence-electron chi connectivity index (χ0n) is 14.7. The topological polar surface area (TPSA) is 8.17 Å². The summed E-state index contributed by atoms with van der Waals surface area (Å²) in [7, 11) is 0. The summed E-state index contributed by atoms with van der Waals surface area (Å²) in [6.45, 7) is 8.21. The van der Waals surface area contributed by atoms with Gasteiger partial charge in [-0.3, -0.25) is 4.90 Å². The molecule has 120 valence electrons. The van der Waals surface area contributed by atoms with Crippen LogP contribution in [0.4, 0.5) is 0 Å². The van der Waals surface area contributed by atoms with E-state index in [0.29, 0.717) is 6.04 Å². The molecule has 2 aromatic rings. The Morgan fingerprint density at radius 1 is 1.27 bits per heavy atom. The van der Waals surface area contributed by atoms with E-state index >= 15 is 0 Å². The van der Waals surface area contributed by atoms with Gasteiger partial charge in [0.1, 0.15) is 0 Å². The van der Waals surface area contributed by atoms with E-state index in [1.54, 1.807) is 11.3 Å². The second kappa shape index (κ2) is 6.25. The molecule has 2 aliphatic rings. The lowest BCUT2D eigenvalue weighted by atomic mass is 9.89. The third-order valence-electron chi connectivity index (χ3n) is 5.44. The Bertz CT molecular complexity index is 680. The molecule has 0 bridgehead atoms. The maximum atomic E-state index is 2.76. The van der Waals surface area contributed by atoms with Crippen molar-refractivity contribution < 1.29 is 13.8 Å². The van der Waals surface area contributed by atoms with E-state index in [1.807, 2.05) is 0 Å². The summed E-state index contributed by atoms with van der Waals surface area (Å²) in [6.07, 6.45) is 6.63. The second-order valence-electron chi connectivity index (χ2n) is 6.83. The average molecular weight is 319 g/mol. The number of fused-ring (bicyclic) bond motifs is 3. The van der Waals surface area contributed by atoms with Crippen molar-refractivity contribution in [1.82, 2.24) is 9.47 Å². The van der Waals surface area contributed by atoms with E-state index in [9.17, 15) is 0 Å². The Labute approximate surface area is 141 Å². The number of benzene rings is 1. The van der Waals surface area contributed by atoms with Crippen LogP contribution < -0.4 is 12.4 Å². The van der Waals surface area contributed by atoms with Gasteiger partial charge in [-0.2, -0.15) is 0 Å². The molecule has 1 aromatic carbocycles. The average Bonchev–Trinajstić information content (AvgIpc) is 2.82. The fraction of sp³-hybridized carbons (Fsp3) is 0.579. The van der Waals surface area contributed by atoms with Crippen LogP contribution in [0, 0.1) is 6.92 Å². The fourth-order valence-electron chi connectivity index (χ4n) is 4.42. The van der Waals surface area contributed by atoms with Crippen molar-refractivity contribution in [2.45, 2.75) is 58.5 Å². The molecule has 1 aliphatic heterocycles. The SMILES string of the molecule is CCCCN1CCn2c3c(c4cc(C)ccc42)CCCC31.[Cl-].[H+]. The number of nitrogens with zero attached hydrogens (tertiary/aromatic N) is 2. The van der Waals surface area contributed by atoms with E-state index in [2.05, 4.69) is 41.5 Å². The van der Waals surface area contributed by atoms with Gasteiger partial charge < -0.3 is 17.0 Å². The van der Waals surface area contributed by atoms with Gasteiger partial charge in [-0.05, 0) is 56.8 Å². The third-order valence-corrected chi connectivity index (χ3v) is 5.44. The number of aromatic nitrogens is 1. The molecule has 1 atom stereocenters. The highest BCUT2D eigenvalue weighted by Crippen LogP contribution is 2.42. The van der Waals surface area contributed by atoms with E-state index in [1.165, 1.54) is 68.2 Å². The largest absolute Gasteiger partial charge is 1.00 e. The van der Waals surface area contributed by atoms with Crippen LogP contribution in [0.1, 0.15) is 56.9 Å². The van der Waals surface area contributed by atoms with Crippen LogP contribution in [0.2, 0.25) is 0 Å². The van der Waals surface area contributed by atoms with Crippen molar-refractivity contribution >= 4 is 10.9 Å². The van der Waals surface area contributed by atoms with E-state index in [-0.39, 0.29) is 13.8 Å². The van der Waals surface area contributed by atoms with Gasteiger partial charge in [0.2, 0.25) is 0 Å². The molecule has 1 aromatic heterocycles. The van der Waals surface area contributed by atoms with Crippen LogP contribution in [-0.2, 0) is 13.0 Å². The highest BCUT2D eigenvalue weighted by Gasteiger charge is 2.34. The summed E-state index contributed by atoms with van der Waals surface area (Å²) in [4.78, 5) is 2.76. The molecule has 0 saturated heterocycles. The summed E-state index contributed by atoms with van der Waals surface area (Å²) in [5.74, 6) is 0. The van der Waals surface area contributed by atoms with Crippen molar-refractivity contribution in [3.63, 3.8) is 0 Å². The van der Waals surface area contributed by atoms with Crippen LogP contribution in [0.25, 0.3) is 10.9 Å². The third kappa shape index (κ3) is 2.37. The first-order valence-electron chi connectivity index (χ1n) is 8.65. The molecule has 0 saturated carbocycles. The first kappa shape index (κ1) is 15.9. The minimum atomic E-state index is 0. The molecule has 22 heavy (non-hydrogen) atoms. The summed E-state index contributed by atoms with van der Waals surface area (Å²) in [5.41, 5.74) is 6.19. The summed E-state index contributed by atoms with van der Waals surface area (Å²) in [6, 6.07) is 7.72. The minimum Gasteiger partial charge on any atom is -1.00 e. The second-order valence-corrected chi connectivity index (χ2v) is 6.83. The van der Waals surface area contributed by atoms with Gasteiger partial charge in [0.05, 0.1) is 6.04 Å².